The Labute approximate surface area is 146 Å². The SMILES string of the molecule is CCC(C)C(C(=O)Nc1ccc(-n2cnnn2)cc1)c1ccccc1. The van der Waals surface area contributed by atoms with E-state index in [0.29, 0.717) is 0 Å². The summed E-state index contributed by atoms with van der Waals surface area (Å²) in [4.78, 5) is 12.9. The Morgan fingerprint density at radius 3 is 2.44 bits per heavy atom. The lowest BCUT2D eigenvalue weighted by Gasteiger charge is -2.23. The molecule has 0 aliphatic rings. The molecule has 3 aromatic rings. The molecule has 6 heteroatoms. The first-order valence-corrected chi connectivity index (χ1v) is 8.38. The molecule has 0 bridgehead atoms. The van der Waals surface area contributed by atoms with E-state index in [1.807, 2.05) is 54.6 Å². The first-order chi connectivity index (χ1) is 12.2. The summed E-state index contributed by atoms with van der Waals surface area (Å²) >= 11 is 0. The van der Waals surface area contributed by atoms with Crippen LogP contribution in [0.15, 0.2) is 60.9 Å². The number of anilines is 1. The number of rotatable bonds is 6. The lowest BCUT2D eigenvalue weighted by molar-refractivity contribution is -0.118. The zero-order chi connectivity index (χ0) is 17.6. The molecule has 1 amide bonds. The smallest absolute Gasteiger partial charge is 0.232 e. The highest BCUT2D eigenvalue weighted by atomic mass is 16.1. The van der Waals surface area contributed by atoms with Crippen LogP contribution in [0.2, 0.25) is 0 Å². The van der Waals surface area contributed by atoms with Crippen LogP contribution in [0, 0.1) is 5.92 Å². The molecule has 25 heavy (non-hydrogen) atoms. The fraction of sp³-hybridized carbons (Fsp3) is 0.263. The summed E-state index contributed by atoms with van der Waals surface area (Å²) in [6.07, 6.45) is 2.47. The molecule has 0 radical (unpaired) electrons. The van der Waals surface area contributed by atoms with Gasteiger partial charge >= 0.3 is 0 Å². The van der Waals surface area contributed by atoms with Crippen LogP contribution in [-0.2, 0) is 4.79 Å². The van der Waals surface area contributed by atoms with E-state index in [1.165, 1.54) is 6.33 Å². The quantitative estimate of drug-likeness (QED) is 0.749. The van der Waals surface area contributed by atoms with Crippen molar-refractivity contribution in [3.05, 3.63) is 66.5 Å². The Kier molecular flexibility index (Phi) is 5.18. The molecule has 3 rings (SSSR count). The average Bonchev–Trinajstić information content (AvgIpc) is 3.18. The molecule has 2 atom stereocenters. The van der Waals surface area contributed by atoms with E-state index in [-0.39, 0.29) is 17.7 Å². The van der Waals surface area contributed by atoms with Gasteiger partial charge in [0.05, 0.1) is 11.6 Å². The number of carbonyl (C=O) groups is 1. The zero-order valence-corrected chi connectivity index (χ0v) is 14.3. The maximum atomic E-state index is 12.9. The van der Waals surface area contributed by atoms with Crippen molar-refractivity contribution in [3.8, 4) is 5.69 Å². The minimum atomic E-state index is -0.176. The summed E-state index contributed by atoms with van der Waals surface area (Å²) in [5, 5.41) is 14.1. The molecule has 0 fully saturated rings. The van der Waals surface area contributed by atoms with Crippen LogP contribution in [0.25, 0.3) is 5.69 Å². The maximum Gasteiger partial charge on any atom is 0.232 e. The number of nitrogens with one attached hydrogen (secondary N) is 1. The van der Waals surface area contributed by atoms with Crippen LogP contribution < -0.4 is 5.32 Å². The molecule has 0 saturated carbocycles. The van der Waals surface area contributed by atoms with Crippen molar-refractivity contribution in [3.63, 3.8) is 0 Å². The fourth-order valence-corrected chi connectivity index (χ4v) is 2.83. The molecule has 128 valence electrons. The highest BCUT2D eigenvalue weighted by Crippen LogP contribution is 2.28. The number of hydrogen-bond donors (Lipinski definition) is 1. The van der Waals surface area contributed by atoms with Crippen molar-refractivity contribution >= 4 is 11.6 Å². The molecule has 2 aromatic carbocycles. The molecule has 6 nitrogen and oxygen atoms in total. The molecule has 1 N–H and O–H groups in total. The van der Waals surface area contributed by atoms with E-state index in [4.69, 9.17) is 0 Å². The Hall–Kier alpha value is -3.02. The number of amides is 1. The van der Waals surface area contributed by atoms with Gasteiger partial charge in [-0.3, -0.25) is 4.79 Å². The van der Waals surface area contributed by atoms with Gasteiger partial charge in [0.2, 0.25) is 5.91 Å². The van der Waals surface area contributed by atoms with Crippen molar-refractivity contribution in [2.75, 3.05) is 5.32 Å². The van der Waals surface area contributed by atoms with Gasteiger partial charge in [0.1, 0.15) is 6.33 Å². The Balaban J connectivity index is 1.77. The minimum Gasteiger partial charge on any atom is -0.326 e. The molecule has 0 aliphatic carbocycles. The van der Waals surface area contributed by atoms with Crippen LogP contribution in [0.4, 0.5) is 5.69 Å². The molecule has 0 aliphatic heterocycles. The Bertz CT molecular complexity index is 800. The van der Waals surface area contributed by atoms with Crippen molar-refractivity contribution in [2.24, 2.45) is 5.92 Å². The number of aromatic nitrogens is 4. The second kappa shape index (κ2) is 7.70. The van der Waals surface area contributed by atoms with Gasteiger partial charge in [-0.2, -0.15) is 0 Å². The first-order valence-electron chi connectivity index (χ1n) is 8.38. The van der Waals surface area contributed by atoms with Gasteiger partial charge < -0.3 is 5.32 Å². The van der Waals surface area contributed by atoms with Gasteiger partial charge in [0, 0.05) is 5.69 Å². The largest absolute Gasteiger partial charge is 0.326 e. The van der Waals surface area contributed by atoms with Gasteiger partial charge in [-0.1, -0.05) is 50.6 Å². The van der Waals surface area contributed by atoms with Crippen molar-refractivity contribution in [2.45, 2.75) is 26.2 Å². The van der Waals surface area contributed by atoms with Crippen LogP contribution in [0.3, 0.4) is 0 Å². The third-order valence-corrected chi connectivity index (χ3v) is 4.40. The topological polar surface area (TPSA) is 72.7 Å². The van der Waals surface area contributed by atoms with E-state index in [9.17, 15) is 4.79 Å². The van der Waals surface area contributed by atoms with E-state index in [1.54, 1.807) is 4.68 Å². The number of benzene rings is 2. The molecule has 1 heterocycles. The zero-order valence-electron chi connectivity index (χ0n) is 14.3. The van der Waals surface area contributed by atoms with Gasteiger partial charge in [-0.05, 0) is 46.2 Å². The average molecular weight is 335 g/mol. The van der Waals surface area contributed by atoms with E-state index >= 15 is 0 Å². The molecule has 0 saturated heterocycles. The van der Waals surface area contributed by atoms with Gasteiger partial charge in [-0.25, -0.2) is 4.68 Å². The van der Waals surface area contributed by atoms with E-state index in [2.05, 4.69) is 34.7 Å². The molecular weight excluding hydrogens is 314 g/mol. The van der Waals surface area contributed by atoms with E-state index in [0.717, 1.165) is 23.4 Å². The van der Waals surface area contributed by atoms with Gasteiger partial charge in [0.25, 0.3) is 0 Å². The molecule has 0 spiro atoms. The van der Waals surface area contributed by atoms with E-state index < -0.39 is 0 Å². The second-order valence-electron chi connectivity index (χ2n) is 6.06. The third-order valence-electron chi connectivity index (χ3n) is 4.40. The van der Waals surface area contributed by atoms with Crippen molar-refractivity contribution < 1.29 is 4.79 Å². The van der Waals surface area contributed by atoms with Crippen LogP contribution in [0.1, 0.15) is 31.7 Å². The maximum absolute atomic E-state index is 12.9. The Morgan fingerprint density at radius 1 is 1.12 bits per heavy atom. The number of tetrazole rings is 1. The van der Waals surface area contributed by atoms with Crippen LogP contribution >= 0.6 is 0 Å². The molecule has 2 unspecified atom stereocenters. The summed E-state index contributed by atoms with van der Waals surface area (Å²) in [7, 11) is 0. The number of nitrogens with zero attached hydrogens (tertiary/aromatic N) is 4. The lowest BCUT2D eigenvalue weighted by atomic mass is 9.85. The highest BCUT2D eigenvalue weighted by Gasteiger charge is 2.25. The molecule has 1 aromatic heterocycles. The monoisotopic (exact) mass is 335 g/mol. The van der Waals surface area contributed by atoms with Crippen LogP contribution in [0.5, 0.6) is 0 Å². The predicted molar refractivity (Wildman–Crippen MR) is 96.4 cm³/mol. The molecular formula is C19H21N5O. The van der Waals surface area contributed by atoms with Crippen molar-refractivity contribution in [1.82, 2.24) is 20.2 Å². The predicted octanol–water partition coefficient (Wildman–Crippen LogP) is 3.43. The van der Waals surface area contributed by atoms with Gasteiger partial charge in [-0.15, -0.1) is 5.10 Å². The lowest BCUT2D eigenvalue weighted by Crippen LogP contribution is -2.26. The summed E-state index contributed by atoms with van der Waals surface area (Å²) in [5.74, 6) is 0.0870. The fourth-order valence-electron chi connectivity index (χ4n) is 2.83. The minimum absolute atomic E-state index is 0.00993. The normalized spacial score (nSPS) is 13.2. The summed E-state index contributed by atoms with van der Waals surface area (Å²) < 4.78 is 1.57. The van der Waals surface area contributed by atoms with Crippen LogP contribution in [-0.4, -0.2) is 26.1 Å². The second-order valence-corrected chi connectivity index (χ2v) is 6.06. The van der Waals surface area contributed by atoms with Gasteiger partial charge in [0.15, 0.2) is 0 Å². The number of carbonyl (C=O) groups excluding carboxylic acids is 1. The van der Waals surface area contributed by atoms with Crippen molar-refractivity contribution in [1.29, 1.82) is 0 Å². The summed E-state index contributed by atoms with van der Waals surface area (Å²) in [6, 6.07) is 17.4. The first kappa shape index (κ1) is 16.8. The highest BCUT2D eigenvalue weighted by molar-refractivity contribution is 5.96. The standard InChI is InChI=1S/C19H21N5O/c1-3-14(2)18(15-7-5-4-6-8-15)19(25)21-16-9-11-17(12-10-16)24-13-20-22-23-24/h4-14,18H,3H2,1-2H3,(H,21,25). The summed E-state index contributed by atoms with van der Waals surface area (Å²) in [6.45, 7) is 4.22. The number of hydrogen-bond acceptors (Lipinski definition) is 4. The Morgan fingerprint density at radius 2 is 1.84 bits per heavy atom. The summed E-state index contributed by atoms with van der Waals surface area (Å²) in [5.41, 5.74) is 2.63. The third kappa shape index (κ3) is 3.91.